The van der Waals surface area contributed by atoms with Crippen molar-refractivity contribution in [3.05, 3.63) is 17.7 Å². The molecule has 100 valence electrons. The van der Waals surface area contributed by atoms with Crippen LogP contribution in [0.3, 0.4) is 0 Å². The molecule has 0 amide bonds. The van der Waals surface area contributed by atoms with Crippen molar-refractivity contribution in [2.75, 3.05) is 33.2 Å². The van der Waals surface area contributed by atoms with Gasteiger partial charge < -0.3 is 19.5 Å². The van der Waals surface area contributed by atoms with Crippen molar-refractivity contribution < 1.29 is 19.0 Å². The molecule has 0 atom stereocenters. The van der Waals surface area contributed by atoms with Crippen LogP contribution in [0.25, 0.3) is 0 Å². The molecule has 0 fully saturated rings. The van der Waals surface area contributed by atoms with Crippen LogP contribution in [0.15, 0.2) is 12.1 Å². The molecule has 5 nitrogen and oxygen atoms in total. The summed E-state index contributed by atoms with van der Waals surface area (Å²) in [4.78, 5) is 11.0. The molecule has 0 aliphatic carbocycles. The van der Waals surface area contributed by atoms with Gasteiger partial charge in [0.15, 0.2) is 0 Å². The standard InChI is InChI=1S/C13H19NO4/c1-9-7-10(16-2)8-11(17-3)13(9)14-6-5-12(15)18-4/h7-8,14H,5-6H2,1-4H3. The number of nitrogens with one attached hydrogen (secondary N) is 1. The Balaban J connectivity index is 2.78. The second-order valence-electron chi connectivity index (χ2n) is 3.77. The van der Waals surface area contributed by atoms with E-state index < -0.39 is 0 Å². The van der Waals surface area contributed by atoms with E-state index in [0.29, 0.717) is 18.7 Å². The average Bonchev–Trinajstić information content (AvgIpc) is 2.39. The Morgan fingerprint density at radius 2 is 1.94 bits per heavy atom. The van der Waals surface area contributed by atoms with E-state index in [1.54, 1.807) is 20.3 Å². The zero-order valence-corrected chi connectivity index (χ0v) is 11.2. The first-order chi connectivity index (χ1) is 8.62. The molecule has 18 heavy (non-hydrogen) atoms. The number of aryl methyl sites for hydroxylation is 1. The normalized spacial score (nSPS) is 9.78. The molecule has 1 N–H and O–H groups in total. The second kappa shape index (κ2) is 6.74. The van der Waals surface area contributed by atoms with Crippen LogP contribution in [0.4, 0.5) is 5.69 Å². The van der Waals surface area contributed by atoms with E-state index in [0.717, 1.165) is 17.0 Å². The largest absolute Gasteiger partial charge is 0.497 e. The van der Waals surface area contributed by atoms with Crippen LogP contribution in [-0.2, 0) is 9.53 Å². The zero-order chi connectivity index (χ0) is 13.5. The Bertz CT molecular complexity index is 418. The van der Waals surface area contributed by atoms with Crippen LogP contribution in [0.5, 0.6) is 11.5 Å². The quantitative estimate of drug-likeness (QED) is 0.786. The first kappa shape index (κ1) is 14.2. The fourth-order valence-corrected chi connectivity index (χ4v) is 1.62. The van der Waals surface area contributed by atoms with Gasteiger partial charge in [-0.25, -0.2) is 0 Å². The minimum absolute atomic E-state index is 0.243. The van der Waals surface area contributed by atoms with Gasteiger partial charge in [0, 0.05) is 12.6 Å². The number of carbonyl (C=O) groups is 1. The molecule has 0 saturated heterocycles. The van der Waals surface area contributed by atoms with E-state index in [2.05, 4.69) is 10.1 Å². The maximum atomic E-state index is 11.0. The summed E-state index contributed by atoms with van der Waals surface area (Å²) in [5.74, 6) is 1.19. The molecular formula is C13H19NO4. The number of rotatable bonds is 6. The molecule has 0 aromatic heterocycles. The highest BCUT2D eigenvalue weighted by Crippen LogP contribution is 2.32. The predicted octanol–water partition coefficient (Wildman–Crippen LogP) is 1.99. The summed E-state index contributed by atoms with van der Waals surface area (Å²) in [7, 11) is 4.58. The molecule has 0 radical (unpaired) electrons. The van der Waals surface area contributed by atoms with Crippen LogP contribution < -0.4 is 14.8 Å². The van der Waals surface area contributed by atoms with Gasteiger partial charge in [-0.3, -0.25) is 4.79 Å². The maximum Gasteiger partial charge on any atom is 0.307 e. The highest BCUT2D eigenvalue weighted by atomic mass is 16.5. The summed E-state index contributed by atoms with van der Waals surface area (Å²) in [6, 6.07) is 3.70. The maximum absolute atomic E-state index is 11.0. The van der Waals surface area contributed by atoms with Gasteiger partial charge in [-0.15, -0.1) is 0 Å². The van der Waals surface area contributed by atoms with E-state index in [-0.39, 0.29) is 5.97 Å². The van der Waals surface area contributed by atoms with E-state index in [9.17, 15) is 4.79 Å². The number of anilines is 1. The average molecular weight is 253 g/mol. The Morgan fingerprint density at radius 3 is 2.50 bits per heavy atom. The van der Waals surface area contributed by atoms with E-state index in [4.69, 9.17) is 9.47 Å². The number of hydrogen-bond acceptors (Lipinski definition) is 5. The predicted molar refractivity (Wildman–Crippen MR) is 69.4 cm³/mol. The molecule has 0 spiro atoms. The number of esters is 1. The lowest BCUT2D eigenvalue weighted by Crippen LogP contribution is -2.11. The van der Waals surface area contributed by atoms with Gasteiger partial charge in [-0.1, -0.05) is 0 Å². The molecule has 1 aromatic carbocycles. The fraction of sp³-hybridized carbons (Fsp3) is 0.462. The number of carbonyl (C=O) groups excluding carboxylic acids is 1. The Kier molecular flexibility index (Phi) is 5.30. The summed E-state index contributed by atoms with van der Waals surface area (Å²) >= 11 is 0. The van der Waals surface area contributed by atoms with Crippen molar-refractivity contribution >= 4 is 11.7 Å². The van der Waals surface area contributed by atoms with Gasteiger partial charge in [-0.2, -0.15) is 0 Å². The van der Waals surface area contributed by atoms with Crippen LogP contribution in [0.2, 0.25) is 0 Å². The lowest BCUT2D eigenvalue weighted by Gasteiger charge is -2.15. The minimum Gasteiger partial charge on any atom is -0.497 e. The number of methoxy groups -OCH3 is 3. The van der Waals surface area contributed by atoms with Crippen LogP contribution >= 0.6 is 0 Å². The van der Waals surface area contributed by atoms with Crippen molar-refractivity contribution in [3.63, 3.8) is 0 Å². The first-order valence-corrected chi connectivity index (χ1v) is 5.65. The zero-order valence-electron chi connectivity index (χ0n) is 11.2. The molecule has 0 saturated carbocycles. The van der Waals surface area contributed by atoms with Gasteiger partial charge in [0.2, 0.25) is 0 Å². The molecule has 5 heteroatoms. The monoisotopic (exact) mass is 253 g/mol. The van der Waals surface area contributed by atoms with Gasteiger partial charge in [0.05, 0.1) is 33.4 Å². The van der Waals surface area contributed by atoms with Crippen molar-refractivity contribution in [2.24, 2.45) is 0 Å². The molecule has 1 aromatic rings. The van der Waals surface area contributed by atoms with E-state index >= 15 is 0 Å². The smallest absolute Gasteiger partial charge is 0.307 e. The van der Waals surface area contributed by atoms with Crippen molar-refractivity contribution in [1.29, 1.82) is 0 Å². The lowest BCUT2D eigenvalue weighted by molar-refractivity contribution is -0.140. The Labute approximate surface area is 107 Å². The molecule has 0 aliphatic rings. The van der Waals surface area contributed by atoms with Crippen molar-refractivity contribution in [3.8, 4) is 11.5 Å². The lowest BCUT2D eigenvalue weighted by atomic mass is 10.1. The number of benzene rings is 1. The fourth-order valence-electron chi connectivity index (χ4n) is 1.62. The highest BCUT2D eigenvalue weighted by Gasteiger charge is 2.09. The first-order valence-electron chi connectivity index (χ1n) is 5.65. The third-order valence-electron chi connectivity index (χ3n) is 2.59. The summed E-state index contributed by atoms with van der Waals surface area (Å²) in [6.07, 6.45) is 0.311. The topological polar surface area (TPSA) is 56.8 Å². The third-order valence-corrected chi connectivity index (χ3v) is 2.59. The van der Waals surface area contributed by atoms with Gasteiger partial charge >= 0.3 is 5.97 Å². The Hall–Kier alpha value is -1.91. The van der Waals surface area contributed by atoms with Gasteiger partial charge in [0.1, 0.15) is 11.5 Å². The summed E-state index contributed by atoms with van der Waals surface area (Å²) < 4.78 is 15.0. The number of ether oxygens (including phenoxy) is 3. The van der Waals surface area contributed by atoms with Gasteiger partial charge in [0.25, 0.3) is 0 Å². The van der Waals surface area contributed by atoms with Crippen LogP contribution in [0.1, 0.15) is 12.0 Å². The number of hydrogen-bond donors (Lipinski definition) is 1. The van der Waals surface area contributed by atoms with E-state index in [1.165, 1.54) is 7.11 Å². The summed E-state index contributed by atoms with van der Waals surface area (Å²) in [5, 5.41) is 3.17. The summed E-state index contributed by atoms with van der Waals surface area (Å²) in [5.41, 5.74) is 1.86. The van der Waals surface area contributed by atoms with E-state index in [1.807, 2.05) is 13.0 Å². The van der Waals surface area contributed by atoms with Crippen LogP contribution in [-0.4, -0.2) is 33.8 Å². The molecule has 0 aliphatic heterocycles. The highest BCUT2D eigenvalue weighted by molar-refractivity contribution is 5.71. The van der Waals surface area contributed by atoms with Crippen LogP contribution in [0, 0.1) is 6.92 Å². The third kappa shape index (κ3) is 3.55. The van der Waals surface area contributed by atoms with Crippen molar-refractivity contribution in [2.45, 2.75) is 13.3 Å². The molecular weight excluding hydrogens is 234 g/mol. The molecule has 0 bridgehead atoms. The summed E-state index contributed by atoms with van der Waals surface area (Å²) in [6.45, 7) is 2.45. The SMILES string of the molecule is COC(=O)CCNc1c(C)cc(OC)cc1OC. The second-order valence-corrected chi connectivity index (χ2v) is 3.77. The Morgan fingerprint density at radius 1 is 1.22 bits per heavy atom. The van der Waals surface area contributed by atoms with Gasteiger partial charge in [-0.05, 0) is 18.6 Å². The molecule has 1 rings (SSSR count). The molecule has 0 unspecified atom stereocenters. The molecule has 0 heterocycles. The van der Waals surface area contributed by atoms with Crippen molar-refractivity contribution in [1.82, 2.24) is 0 Å². The minimum atomic E-state index is -0.243.